The molecule has 5 nitrogen and oxygen atoms in total. The van der Waals surface area contributed by atoms with Crippen molar-refractivity contribution in [1.82, 2.24) is 0 Å². The highest BCUT2D eigenvalue weighted by molar-refractivity contribution is 6.62. The highest BCUT2D eigenvalue weighted by Crippen LogP contribution is 2.37. The van der Waals surface area contributed by atoms with Gasteiger partial charge in [-0.25, -0.2) is 0 Å². The topological polar surface area (TPSA) is 68.2 Å². The summed E-state index contributed by atoms with van der Waals surface area (Å²) in [5.74, 6) is 0. The zero-order chi connectivity index (χ0) is 10.3. The van der Waals surface area contributed by atoms with E-state index in [9.17, 15) is 10.2 Å². The molecule has 2 N–H and O–H groups in total. The lowest BCUT2D eigenvalue weighted by Crippen LogP contribution is -2.45. The molecule has 0 radical (unpaired) electrons. The molecule has 0 aromatic heterocycles. The Bertz CT molecular complexity index is 224. The molecule has 2 bridgehead atoms. The Kier molecular flexibility index (Phi) is 2.67. The molecular weight excluding hydrogens is 204 g/mol. The number of rotatable bonds is 1. The summed E-state index contributed by atoms with van der Waals surface area (Å²) in [6.45, 7) is 4.13. The molecule has 2 aliphatic heterocycles. The van der Waals surface area contributed by atoms with Crippen LogP contribution in [0, 0.1) is 0 Å². The highest BCUT2D eigenvalue weighted by atomic mass is 28.4. The molecular formula is C8H16O5Si. The van der Waals surface area contributed by atoms with Gasteiger partial charge in [-0.05, 0) is 0 Å². The third-order valence-electron chi connectivity index (χ3n) is 2.61. The molecule has 0 amide bonds. The minimum Gasteiger partial charge on any atom is -0.391 e. The molecule has 82 valence electrons. The van der Waals surface area contributed by atoms with Crippen molar-refractivity contribution in [3.63, 3.8) is 0 Å². The summed E-state index contributed by atoms with van der Waals surface area (Å²) in [5.41, 5.74) is 0.104. The van der Waals surface area contributed by atoms with E-state index in [2.05, 4.69) is 0 Å². The lowest BCUT2D eigenvalue weighted by Gasteiger charge is -2.26. The third-order valence-corrected chi connectivity index (χ3v) is 5.79. The molecule has 0 aromatic rings. The smallest absolute Gasteiger partial charge is 0.391 e. The van der Waals surface area contributed by atoms with E-state index in [0.29, 0.717) is 6.42 Å². The van der Waals surface area contributed by atoms with Crippen LogP contribution in [-0.2, 0) is 13.3 Å². The van der Waals surface area contributed by atoms with Gasteiger partial charge in [0.2, 0.25) is 0 Å². The standard InChI is InChI=1S/C8H16O5Si/c1-5(2)14-11-4-6(9)3-7(12-14)8(10)13-14/h5-10H,3-4H2,1-2H3. The van der Waals surface area contributed by atoms with Gasteiger partial charge in [0.1, 0.15) is 6.10 Å². The molecule has 0 aliphatic carbocycles. The van der Waals surface area contributed by atoms with Crippen LogP contribution >= 0.6 is 0 Å². The molecule has 2 heterocycles. The van der Waals surface area contributed by atoms with Gasteiger partial charge in [-0.3, -0.25) is 0 Å². The van der Waals surface area contributed by atoms with Gasteiger partial charge >= 0.3 is 8.80 Å². The van der Waals surface area contributed by atoms with Crippen LogP contribution in [0.1, 0.15) is 20.3 Å². The normalized spacial score (nSPS) is 48.2. The first-order chi connectivity index (χ1) is 6.53. The lowest BCUT2D eigenvalue weighted by molar-refractivity contribution is -0.0705. The summed E-state index contributed by atoms with van der Waals surface area (Å²) < 4.78 is 16.5. The number of hydrogen-bond acceptors (Lipinski definition) is 5. The maximum absolute atomic E-state index is 9.55. The molecule has 2 aliphatic rings. The van der Waals surface area contributed by atoms with Crippen molar-refractivity contribution < 1.29 is 23.5 Å². The number of aliphatic hydroxyl groups excluding tert-OH is 2. The first-order valence-corrected chi connectivity index (χ1v) is 6.69. The molecule has 14 heavy (non-hydrogen) atoms. The predicted molar refractivity (Wildman–Crippen MR) is 49.4 cm³/mol. The second-order valence-electron chi connectivity index (χ2n) is 4.12. The zero-order valence-electron chi connectivity index (χ0n) is 8.34. The first-order valence-electron chi connectivity index (χ1n) is 4.89. The first kappa shape index (κ1) is 10.5. The number of fused-ring (bicyclic) bond motifs is 2. The van der Waals surface area contributed by atoms with Gasteiger partial charge < -0.3 is 23.5 Å². The Labute approximate surface area is 84.0 Å². The minimum atomic E-state index is -2.73. The van der Waals surface area contributed by atoms with E-state index < -0.39 is 27.3 Å². The maximum Gasteiger partial charge on any atom is 0.506 e. The molecule has 0 spiro atoms. The average molecular weight is 220 g/mol. The molecule has 2 rings (SSSR count). The monoisotopic (exact) mass is 220 g/mol. The van der Waals surface area contributed by atoms with Crippen LogP contribution < -0.4 is 0 Å². The second kappa shape index (κ2) is 3.55. The quantitative estimate of drug-likeness (QED) is 0.602. The van der Waals surface area contributed by atoms with Crippen molar-refractivity contribution in [2.75, 3.05) is 6.61 Å². The molecule has 6 heteroatoms. The number of hydrogen-bond donors (Lipinski definition) is 2. The Hall–Kier alpha value is 0.0169. The second-order valence-corrected chi connectivity index (χ2v) is 7.25. The van der Waals surface area contributed by atoms with E-state index in [-0.39, 0.29) is 12.1 Å². The zero-order valence-corrected chi connectivity index (χ0v) is 9.34. The van der Waals surface area contributed by atoms with Crippen molar-refractivity contribution in [3.05, 3.63) is 0 Å². The fraction of sp³-hybridized carbons (Fsp3) is 1.00. The SMILES string of the molecule is CC(C)[Si]12OCC(O)CC(O1)C(O)O2. The van der Waals surface area contributed by atoms with Gasteiger partial charge in [-0.1, -0.05) is 13.8 Å². The summed E-state index contributed by atoms with van der Waals surface area (Å²) in [4.78, 5) is 0. The van der Waals surface area contributed by atoms with E-state index >= 15 is 0 Å². The van der Waals surface area contributed by atoms with Crippen LogP contribution in [0.5, 0.6) is 0 Å². The fourth-order valence-corrected chi connectivity index (χ4v) is 4.38. The van der Waals surface area contributed by atoms with Crippen molar-refractivity contribution in [1.29, 1.82) is 0 Å². The third kappa shape index (κ3) is 1.62. The van der Waals surface area contributed by atoms with Gasteiger partial charge in [-0.2, -0.15) is 0 Å². The van der Waals surface area contributed by atoms with Crippen molar-refractivity contribution in [3.8, 4) is 0 Å². The van der Waals surface area contributed by atoms with Gasteiger partial charge in [0.15, 0.2) is 6.29 Å². The summed E-state index contributed by atoms with van der Waals surface area (Å²) in [6, 6.07) is 0. The predicted octanol–water partition coefficient (Wildman–Crippen LogP) is -0.150. The van der Waals surface area contributed by atoms with E-state index in [1.165, 1.54) is 0 Å². The van der Waals surface area contributed by atoms with E-state index in [1.807, 2.05) is 13.8 Å². The summed E-state index contributed by atoms with van der Waals surface area (Å²) in [5, 5.41) is 19.0. The Morgan fingerprint density at radius 2 is 2.00 bits per heavy atom. The average Bonchev–Trinajstić information content (AvgIpc) is 2.29. The van der Waals surface area contributed by atoms with Crippen LogP contribution in [0.15, 0.2) is 0 Å². The van der Waals surface area contributed by atoms with E-state index in [1.54, 1.807) is 0 Å². The molecule has 2 saturated heterocycles. The fourth-order valence-electron chi connectivity index (χ4n) is 1.76. The van der Waals surface area contributed by atoms with Crippen molar-refractivity contribution >= 4 is 8.80 Å². The van der Waals surface area contributed by atoms with Gasteiger partial charge in [0.25, 0.3) is 0 Å². The minimum absolute atomic E-state index is 0.104. The van der Waals surface area contributed by atoms with Crippen LogP contribution in [0.25, 0.3) is 0 Å². The van der Waals surface area contributed by atoms with Crippen molar-refractivity contribution in [2.24, 2.45) is 0 Å². The highest BCUT2D eigenvalue weighted by Gasteiger charge is 2.58. The molecule has 4 atom stereocenters. The molecule has 4 unspecified atom stereocenters. The summed E-state index contributed by atoms with van der Waals surface area (Å²) in [7, 11) is -2.73. The van der Waals surface area contributed by atoms with E-state index in [0.717, 1.165) is 0 Å². The summed E-state index contributed by atoms with van der Waals surface area (Å²) >= 11 is 0. The Morgan fingerprint density at radius 3 is 2.64 bits per heavy atom. The van der Waals surface area contributed by atoms with Crippen LogP contribution in [0.2, 0.25) is 5.54 Å². The van der Waals surface area contributed by atoms with Crippen molar-refractivity contribution in [2.45, 2.75) is 44.3 Å². The van der Waals surface area contributed by atoms with E-state index in [4.69, 9.17) is 13.3 Å². The van der Waals surface area contributed by atoms with Crippen LogP contribution in [0.4, 0.5) is 0 Å². The van der Waals surface area contributed by atoms with Crippen LogP contribution in [0.3, 0.4) is 0 Å². The molecule has 0 aromatic carbocycles. The maximum atomic E-state index is 9.55. The van der Waals surface area contributed by atoms with Gasteiger partial charge in [0.05, 0.1) is 12.7 Å². The van der Waals surface area contributed by atoms with Gasteiger partial charge in [0, 0.05) is 12.0 Å². The Morgan fingerprint density at radius 1 is 1.29 bits per heavy atom. The number of aliphatic hydroxyl groups is 2. The van der Waals surface area contributed by atoms with Crippen LogP contribution in [-0.4, -0.2) is 44.1 Å². The molecule has 2 fully saturated rings. The summed E-state index contributed by atoms with van der Waals surface area (Å²) in [6.07, 6.45) is -1.56. The Balaban J connectivity index is 2.19. The lowest BCUT2D eigenvalue weighted by atomic mass is 10.1. The molecule has 0 saturated carbocycles. The largest absolute Gasteiger partial charge is 0.506 e. The van der Waals surface area contributed by atoms with Gasteiger partial charge in [-0.15, -0.1) is 0 Å².